The van der Waals surface area contributed by atoms with Gasteiger partial charge in [-0.25, -0.2) is 0 Å². The summed E-state index contributed by atoms with van der Waals surface area (Å²) >= 11 is 0. The number of nitrogens with two attached hydrogens (primary N) is 1. The van der Waals surface area contributed by atoms with Crippen LogP contribution in [-0.2, 0) is 11.4 Å². The number of hydrogen-bond acceptors (Lipinski definition) is 4. The summed E-state index contributed by atoms with van der Waals surface area (Å²) in [6.07, 6.45) is -0.752. The van der Waals surface area contributed by atoms with E-state index in [0.29, 0.717) is 17.1 Å². The number of aliphatic hydroxyl groups excluding tert-OH is 1. The van der Waals surface area contributed by atoms with Crippen LogP contribution >= 0.6 is 0 Å². The lowest BCUT2D eigenvalue weighted by atomic mass is 10.2. The highest BCUT2D eigenvalue weighted by atomic mass is 16.5. The summed E-state index contributed by atoms with van der Waals surface area (Å²) in [7, 11) is 1.52. The van der Waals surface area contributed by atoms with E-state index in [9.17, 15) is 4.79 Å². The summed E-state index contributed by atoms with van der Waals surface area (Å²) in [5, 5.41) is 9.10. The van der Waals surface area contributed by atoms with Gasteiger partial charge in [0.15, 0.2) is 6.10 Å². The molecule has 1 aromatic carbocycles. The monoisotopic (exact) mass is 225 g/mol. The first kappa shape index (κ1) is 12.3. The highest BCUT2D eigenvalue weighted by Gasteiger charge is 2.13. The largest absolute Gasteiger partial charge is 0.497 e. The van der Waals surface area contributed by atoms with Crippen molar-refractivity contribution in [3.8, 4) is 11.5 Å². The average Bonchev–Trinajstić information content (AvgIpc) is 2.28. The molecule has 0 aliphatic heterocycles. The number of hydrogen-bond donors (Lipinski definition) is 2. The SMILES string of the molecule is COc1ccc(CO)c(OC(C)C(N)=O)c1. The van der Waals surface area contributed by atoms with Crippen LogP contribution in [0.4, 0.5) is 0 Å². The summed E-state index contributed by atoms with van der Waals surface area (Å²) in [6, 6.07) is 4.97. The fourth-order valence-electron chi connectivity index (χ4n) is 1.15. The van der Waals surface area contributed by atoms with E-state index in [-0.39, 0.29) is 6.61 Å². The number of ether oxygens (including phenoxy) is 2. The Morgan fingerprint density at radius 1 is 1.56 bits per heavy atom. The van der Waals surface area contributed by atoms with Gasteiger partial charge in [-0.1, -0.05) is 0 Å². The van der Waals surface area contributed by atoms with E-state index in [4.69, 9.17) is 20.3 Å². The van der Waals surface area contributed by atoms with Crippen molar-refractivity contribution in [3.63, 3.8) is 0 Å². The fourth-order valence-corrected chi connectivity index (χ4v) is 1.15. The minimum Gasteiger partial charge on any atom is -0.497 e. The zero-order chi connectivity index (χ0) is 12.1. The zero-order valence-electron chi connectivity index (χ0n) is 9.27. The molecule has 88 valence electrons. The Balaban J connectivity index is 2.95. The Labute approximate surface area is 93.8 Å². The van der Waals surface area contributed by atoms with Crippen molar-refractivity contribution in [1.82, 2.24) is 0 Å². The molecule has 0 aromatic heterocycles. The Bertz CT molecular complexity index is 378. The van der Waals surface area contributed by atoms with Crippen molar-refractivity contribution < 1.29 is 19.4 Å². The molecule has 0 aliphatic carbocycles. The molecule has 5 nitrogen and oxygen atoms in total. The third kappa shape index (κ3) is 2.87. The molecular weight excluding hydrogens is 210 g/mol. The van der Waals surface area contributed by atoms with Crippen molar-refractivity contribution >= 4 is 5.91 Å². The molecule has 0 radical (unpaired) electrons. The van der Waals surface area contributed by atoms with Gasteiger partial charge >= 0.3 is 0 Å². The highest BCUT2D eigenvalue weighted by molar-refractivity contribution is 5.78. The third-order valence-corrected chi connectivity index (χ3v) is 2.15. The number of aliphatic hydroxyl groups is 1. The third-order valence-electron chi connectivity index (χ3n) is 2.15. The molecule has 0 heterocycles. The van der Waals surface area contributed by atoms with Gasteiger partial charge in [-0.15, -0.1) is 0 Å². The smallest absolute Gasteiger partial charge is 0.258 e. The van der Waals surface area contributed by atoms with Gasteiger partial charge in [0.2, 0.25) is 0 Å². The second-order valence-electron chi connectivity index (χ2n) is 3.29. The van der Waals surface area contributed by atoms with E-state index in [1.807, 2.05) is 0 Å². The number of methoxy groups -OCH3 is 1. The standard InChI is InChI=1S/C11H15NO4/c1-7(11(12)14)16-10-5-9(15-2)4-3-8(10)6-13/h3-5,7,13H,6H2,1-2H3,(H2,12,14). The Hall–Kier alpha value is -1.75. The van der Waals surface area contributed by atoms with Crippen LogP contribution in [0.5, 0.6) is 11.5 Å². The van der Waals surface area contributed by atoms with Crippen molar-refractivity contribution in [2.45, 2.75) is 19.6 Å². The van der Waals surface area contributed by atoms with E-state index < -0.39 is 12.0 Å². The fraction of sp³-hybridized carbons (Fsp3) is 0.364. The quantitative estimate of drug-likeness (QED) is 0.761. The summed E-state index contributed by atoms with van der Waals surface area (Å²) in [6.45, 7) is 1.37. The molecule has 1 rings (SSSR count). The van der Waals surface area contributed by atoms with Gasteiger partial charge in [0, 0.05) is 11.6 Å². The van der Waals surface area contributed by atoms with Crippen molar-refractivity contribution in [1.29, 1.82) is 0 Å². The highest BCUT2D eigenvalue weighted by Crippen LogP contribution is 2.25. The topological polar surface area (TPSA) is 81.8 Å². The van der Waals surface area contributed by atoms with Crippen LogP contribution in [0, 0.1) is 0 Å². The lowest BCUT2D eigenvalue weighted by Crippen LogP contribution is -2.30. The molecule has 0 spiro atoms. The lowest BCUT2D eigenvalue weighted by Gasteiger charge is -2.15. The Kier molecular flexibility index (Phi) is 4.13. The van der Waals surface area contributed by atoms with Crippen molar-refractivity contribution in [3.05, 3.63) is 23.8 Å². The molecule has 1 amide bonds. The minimum absolute atomic E-state index is 0.176. The second-order valence-corrected chi connectivity index (χ2v) is 3.29. The second kappa shape index (κ2) is 5.37. The normalized spacial score (nSPS) is 11.9. The molecule has 1 atom stereocenters. The molecule has 16 heavy (non-hydrogen) atoms. The van der Waals surface area contributed by atoms with Crippen molar-refractivity contribution in [2.24, 2.45) is 5.73 Å². The van der Waals surface area contributed by atoms with Crippen molar-refractivity contribution in [2.75, 3.05) is 7.11 Å². The van der Waals surface area contributed by atoms with Gasteiger partial charge in [0.25, 0.3) is 5.91 Å². The van der Waals surface area contributed by atoms with E-state index in [0.717, 1.165) is 0 Å². The molecule has 3 N–H and O–H groups in total. The van der Waals surface area contributed by atoms with E-state index >= 15 is 0 Å². The maximum Gasteiger partial charge on any atom is 0.258 e. The number of carbonyl (C=O) groups is 1. The molecule has 0 saturated heterocycles. The lowest BCUT2D eigenvalue weighted by molar-refractivity contribution is -0.124. The number of primary amides is 1. The van der Waals surface area contributed by atoms with Crippen LogP contribution in [-0.4, -0.2) is 24.2 Å². The van der Waals surface area contributed by atoms with Gasteiger partial charge in [0.1, 0.15) is 11.5 Å². The van der Waals surface area contributed by atoms with Crippen LogP contribution in [0.2, 0.25) is 0 Å². The number of amides is 1. The predicted molar refractivity (Wildman–Crippen MR) is 58.2 cm³/mol. The van der Waals surface area contributed by atoms with Crippen LogP contribution < -0.4 is 15.2 Å². The van der Waals surface area contributed by atoms with Gasteiger partial charge in [-0.05, 0) is 19.1 Å². The van der Waals surface area contributed by atoms with Crippen LogP contribution in [0.25, 0.3) is 0 Å². The Morgan fingerprint density at radius 2 is 2.25 bits per heavy atom. The van der Waals surface area contributed by atoms with Gasteiger partial charge in [-0.2, -0.15) is 0 Å². The van der Waals surface area contributed by atoms with Gasteiger partial charge in [-0.3, -0.25) is 4.79 Å². The molecule has 0 bridgehead atoms. The zero-order valence-corrected chi connectivity index (χ0v) is 9.27. The summed E-state index contributed by atoms with van der Waals surface area (Å²) in [5.74, 6) is 0.420. The molecule has 1 unspecified atom stereocenters. The first-order valence-electron chi connectivity index (χ1n) is 4.82. The van der Waals surface area contributed by atoms with Crippen LogP contribution in [0.1, 0.15) is 12.5 Å². The van der Waals surface area contributed by atoms with Gasteiger partial charge in [0.05, 0.1) is 13.7 Å². The molecule has 0 aliphatic rings. The first-order chi connectivity index (χ1) is 7.58. The van der Waals surface area contributed by atoms with E-state index in [1.54, 1.807) is 25.1 Å². The first-order valence-corrected chi connectivity index (χ1v) is 4.82. The number of benzene rings is 1. The van der Waals surface area contributed by atoms with E-state index in [2.05, 4.69) is 0 Å². The molecule has 0 saturated carbocycles. The maximum atomic E-state index is 10.9. The average molecular weight is 225 g/mol. The molecule has 1 aromatic rings. The molecule has 0 fully saturated rings. The maximum absolute atomic E-state index is 10.9. The summed E-state index contributed by atoms with van der Waals surface area (Å²) in [5.41, 5.74) is 5.67. The van der Waals surface area contributed by atoms with Crippen LogP contribution in [0.15, 0.2) is 18.2 Å². The number of carbonyl (C=O) groups excluding carboxylic acids is 1. The molecular formula is C11H15NO4. The number of rotatable bonds is 5. The Morgan fingerprint density at radius 3 is 2.75 bits per heavy atom. The summed E-state index contributed by atoms with van der Waals surface area (Å²) in [4.78, 5) is 10.9. The van der Waals surface area contributed by atoms with Gasteiger partial charge < -0.3 is 20.3 Å². The minimum atomic E-state index is -0.752. The predicted octanol–water partition coefficient (Wildman–Crippen LogP) is 0.440. The summed E-state index contributed by atoms with van der Waals surface area (Å²) < 4.78 is 10.3. The van der Waals surface area contributed by atoms with E-state index in [1.165, 1.54) is 7.11 Å². The van der Waals surface area contributed by atoms with Crippen LogP contribution in [0.3, 0.4) is 0 Å². The molecule has 5 heteroatoms.